The molecule has 1 saturated heterocycles. The van der Waals surface area contributed by atoms with Gasteiger partial charge < -0.3 is 5.32 Å². The second-order valence-corrected chi connectivity index (χ2v) is 5.11. The highest BCUT2D eigenvalue weighted by atomic mass is 16.7. The van der Waals surface area contributed by atoms with E-state index in [4.69, 9.17) is 4.84 Å². The number of hydrogen-bond donors (Lipinski definition) is 1. The summed E-state index contributed by atoms with van der Waals surface area (Å²) in [4.78, 5) is 31.4. The fourth-order valence-electron chi connectivity index (χ4n) is 2.61. The van der Waals surface area contributed by atoms with Crippen molar-refractivity contribution >= 4 is 17.6 Å². The number of para-hydroxylation sites is 1. The van der Waals surface area contributed by atoms with Crippen molar-refractivity contribution < 1.29 is 14.4 Å². The van der Waals surface area contributed by atoms with Crippen molar-refractivity contribution in [3.63, 3.8) is 0 Å². The third-order valence-corrected chi connectivity index (χ3v) is 3.65. The molecule has 1 fully saturated rings. The van der Waals surface area contributed by atoms with Crippen LogP contribution < -0.4 is 5.32 Å². The van der Waals surface area contributed by atoms with Gasteiger partial charge in [-0.25, -0.2) is 4.79 Å². The smallest absolute Gasteiger partial charge is 0.308 e. The van der Waals surface area contributed by atoms with Crippen LogP contribution in [0.15, 0.2) is 60.7 Å². The van der Waals surface area contributed by atoms with Crippen LogP contribution in [0.25, 0.3) is 0 Å². The Hall–Kier alpha value is -2.86. The Balaban J connectivity index is 1.87. The van der Waals surface area contributed by atoms with Crippen LogP contribution in [-0.4, -0.2) is 35.6 Å². The maximum Gasteiger partial charge on any atom is 0.324 e. The Morgan fingerprint density at radius 3 is 2.30 bits per heavy atom. The molecule has 118 valence electrons. The van der Waals surface area contributed by atoms with Gasteiger partial charge in [-0.3, -0.25) is 14.5 Å². The highest BCUT2D eigenvalue weighted by Crippen LogP contribution is 2.31. The monoisotopic (exact) mass is 311 g/mol. The SMILES string of the molecule is CON1C(=O)CN(C(=O)Nc2ccccc2)[C@H]1c1ccccc1. The predicted molar refractivity (Wildman–Crippen MR) is 85.2 cm³/mol. The summed E-state index contributed by atoms with van der Waals surface area (Å²) >= 11 is 0. The molecule has 23 heavy (non-hydrogen) atoms. The van der Waals surface area contributed by atoms with Crippen LogP contribution in [0, 0.1) is 0 Å². The predicted octanol–water partition coefficient (Wildman–Crippen LogP) is 2.62. The van der Waals surface area contributed by atoms with E-state index in [0.717, 1.165) is 5.56 Å². The number of amides is 3. The van der Waals surface area contributed by atoms with Crippen LogP contribution in [0.5, 0.6) is 0 Å². The van der Waals surface area contributed by atoms with Crippen molar-refractivity contribution in [3.8, 4) is 0 Å². The van der Waals surface area contributed by atoms with Gasteiger partial charge in [0.25, 0.3) is 5.91 Å². The third-order valence-electron chi connectivity index (χ3n) is 3.65. The van der Waals surface area contributed by atoms with Crippen molar-refractivity contribution in [1.29, 1.82) is 0 Å². The Labute approximate surface area is 134 Å². The van der Waals surface area contributed by atoms with Crippen molar-refractivity contribution in [2.75, 3.05) is 19.0 Å². The molecule has 0 bridgehead atoms. The number of benzene rings is 2. The molecular weight excluding hydrogens is 294 g/mol. The number of hydrogen-bond acceptors (Lipinski definition) is 3. The number of rotatable bonds is 3. The molecule has 1 aliphatic rings. The van der Waals surface area contributed by atoms with Gasteiger partial charge in [0, 0.05) is 5.69 Å². The summed E-state index contributed by atoms with van der Waals surface area (Å²) in [6.07, 6.45) is -0.586. The first-order chi connectivity index (χ1) is 11.2. The van der Waals surface area contributed by atoms with Crippen LogP contribution >= 0.6 is 0 Å². The van der Waals surface area contributed by atoms with E-state index in [9.17, 15) is 9.59 Å². The van der Waals surface area contributed by atoms with Crippen LogP contribution in [0.2, 0.25) is 0 Å². The fraction of sp³-hybridized carbons (Fsp3) is 0.176. The van der Waals surface area contributed by atoms with Crippen molar-refractivity contribution in [2.45, 2.75) is 6.17 Å². The number of nitrogens with zero attached hydrogens (tertiary/aromatic N) is 2. The lowest BCUT2D eigenvalue weighted by molar-refractivity contribution is -0.182. The molecule has 3 rings (SSSR count). The molecule has 1 N–H and O–H groups in total. The van der Waals surface area contributed by atoms with E-state index in [2.05, 4.69) is 5.32 Å². The molecule has 6 nitrogen and oxygen atoms in total. The molecule has 0 radical (unpaired) electrons. The molecule has 0 unspecified atom stereocenters. The van der Waals surface area contributed by atoms with Crippen molar-refractivity contribution in [2.24, 2.45) is 0 Å². The lowest BCUT2D eigenvalue weighted by atomic mass is 10.1. The van der Waals surface area contributed by atoms with Gasteiger partial charge in [-0.1, -0.05) is 48.5 Å². The highest BCUT2D eigenvalue weighted by Gasteiger charge is 2.42. The van der Waals surface area contributed by atoms with E-state index in [1.165, 1.54) is 17.1 Å². The van der Waals surface area contributed by atoms with Gasteiger partial charge in [-0.2, -0.15) is 5.06 Å². The largest absolute Gasteiger partial charge is 0.324 e. The minimum Gasteiger partial charge on any atom is -0.308 e. The van der Waals surface area contributed by atoms with Crippen LogP contribution in [0.4, 0.5) is 10.5 Å². The van der Waals surface area contributed by atoms with Crippen LogP contribution in [0.1, 0.15) is 11.7 Å². The third kappa shape index (κ3) is 3.02. The van der Waals surface area contributed by atoms with Gasteiger partial charge in [0.1, 0.15) is 6.54 Å². The minimum atomic E-state index is -0.586. The average Bonchev–Trinajstić information content (AvgIpc) is 2.93. The zero-order valence-corrected chi connectivity index (χ0v) is 12.7. The van der Waals surface area contributed by atoms with E-state index in [1.807, 2.05) is 48.5 Å². The van der Waals surface area contributed by atoms with Gasteiger partial charge in [-0.05, 0) is 17.7 Å². The fourth-order valence-corrected chi connectivity index (χ4v) is 2.61. The van der Waals surface area contributed by atoms with Crippen LogP contribution in [-0.2, 0) is 9.63 Å². The lowest BCUT2D eigenvalue weighted by Crippen LogP contribution is -2.37. The Morgan fingerprint density at radius 1 is 1.09 bits per heavy atom. The summed E-state index contributed by atoms with van der Waals surface area (Å²) in [6, 6.07) is 18.1. The van der Waals surface area contributed by atoms with Gasteiger partial charge in [0.2, 0.25) is 0 Å². The van der Waals surface area contributed by atoms with Crippen molar-refractivity contribution in [3.05, 3.63) is 66.2 Å². The van der Waals surface area contributed by atoms with Crippen LogP contribution in [0.3, 0.4) is 0 Å². The zero-order valence-electron chi connectivity index (χ0n) is 12.7. The molecular formula is C17H17N3O3. The molecule has 6 heteroatoms. The van der Waals surface area contributed by atoms with Gasteiger partial charge in [0.05, 0.1) is 7.11 Å². The maximum absolute atomic E-state index is 12.6. The summed E-state index contributed by atoms with van der Waals surface area (Å²) in [6.45, 7) is -0.0356. The van der Waals surface area contributed by atoms with Gasteiger partial charge in [0.15, 0.2) is 6.17 Å². The summed E-state index contributed by atoms with van der Waals surface area (Å²) < 4.78 is 0. The molecule has 2 aromatic carbocycles. The zero-order chi connectivity index (χ0) is 16.2. The number of hydroxylamine groups is 2. The van der Waals surface area contributed by atoms with Gasteiger partial charge >= 0.3 is 6.03 Å². The normalized spacial score (nSPS) is 17.4. The van der Waals surface area contributed by atoms with E-state index in [1.54, 1.807) is 12.1 Å². The molecule has 0 saturated carbocycles. The molecule has 0 spiro atoms. The van der Waals surface area contributed by atoms with E-state index < -0.39 is 6.17 Å². The molecule has 0 aromatic heterocycles. The maximum atomic E-state index is 12.6. The van der Waals surface area contributed by atoms with Gasteiger partial charge in [-0.15, -0.1) is 0 Å². The number of carbonyl (C=O) groups excluding carboxylic acids is 2. The molecule has 1 aliphatic heterocycles. The summed E-state index contributed by atoms with van der Waals surface area (Å²) in [7, 11) is 1.42. The number of urea groups is 1. The molecule has 1 atom stereocenters. The lowest BCUT2D eigenvalue weighted by Gasteiger charge is -2.28. The van der Waals surface area contributed by atoms with E-state index in [-0.39, 0.29) is 18.5 Å². The molecule has 2 aromatic rings. The highest BCUT2D eigenvalue weighted by molar-refractivity contribution is 5.94. The number of nitrogens with one attached hydrogen (secondary N) is 1. The van der Waals surface area contributed by atoms with Crippen molar-refractivity contribution in [1.82, 2.24) is 9.96 Å². The quantitative estimate of drug-likeness (QED) is 0.948. The first-order valence-electron chi connectivity index (χ1n) is 7.24. The second-order valence-electron chi connectivity index (χ2n) is 5.11. The second kappa shape index (κ2) is 6.50. The number of anilines is 1. The molecule has 0 aliphatic carbocycles. The average molecular weight is 311 g/mol. The first-order valence-corrected chi connectivity index (χ1v) is 7.24. The summed E-state index contributed by atoms with van der Waals surface area (Å²) in [5.74, 6) is -0.260. The summed E-state index contributed by atoms with van der Waals surface area (Å²) in [5, 5.41) is 4.02. The molecule has 3 amide bonds. The Morgan fingerprint density at radius 2 is 1.70 bits per heavy atom. The Bertz CT molecular complexity index is 691. The minimum absolute atomic E-state index is 0.0356. The number of carbonyl (C=O) groups is 2. The van der Waals surface area contributed by atoms with E-state index >= 15 is 0 Å². The first kappa shape index (κ1) is 15.1. The standard InChI is InChI=1S/C17H17N3O3/c1-23-20-15(21)12-19(16(20)13-8-4-2-5-9-13)17(22)18-14-10-6-3-7-11-14/h2-11,16H,12H2,1H3,(H,18,22)/t16-/m1/s1. The van der Waals surface area contributed by atoms with E-state index in [0.29, 0.717) is 5.69 Å². The molecule has 1 heterocycles. The Kier molecular flexibility index (Phi) is 4.25. The summed E-state index contributed by atoms with van der Waals surface area (Å²) in [5.41, 5.74) is 1.48. The topological polar surface area (TPSA) is 61.9 Å².